The van der Waals surface area contributed by atoms with Crippen LogP contribution >= 0.6 is 11.6 Å². The number of hydrogen-bond donors (Lipinski definition) is 1. The van der Waals surface area contributed by atoms with E-state index in [2.05, 4.69) is 37.4 Å². The number of hydrogen-bond acceptors (Lipinski definition) is 2. The van der Waals surface area contributed by atoms with Gasteiger partial charge in [-0.1, -0.05) is 23.7 Å². The fourth-order valence-electron chi connectivity index (χ4n) is 3.26. The molecule has 1 aromatic rings. The van der Waals surface area contributed by atoms with Crippen LogP contribution in [0.5, 0.6) is 0 Å². The van der Waals surface area contributed by atoms with Crippen molar-refractivity contribution in [3.8, 4) is 0 Å². The fourth-order valence-corrected chi connectivity index (χ4v) is 3.45. The van der Waals surface area contributed by atoms with Gasteiger partial charge in [0.15, 0.2) is 0 Å². The summed E-state index contributed by atoms with van der Waals surface area (Å²) in [7, 11) is 0. The Morgan fingerprint density at radius 1 is 1.33 bits per heavy atom. The lowest BCUT2D eigenvalue weighted by Gasteiger charge is -2.24. The van der Waals surface area contributed by atoms with E-state index in [1.807, 2.05) is 6.07 Å². The monoisotopic (exact) mass is 307 g/mol. The molecule has 0 bridgehead atoms. The van der Waals surface area contributed by atoms with Crippen molar-refractivity contribution in [2.45, 2.75) is 69.6 Å². The van der Waals surface area contributed by atoms with E-state index in [0.29, 0.717) is 12.0 Å². The molecule has 2 unspecified atom stereocenters. The molecule has 1 saturated heterocycles. The lowest BCUT2D eigenvalue weighted by molar-refractivity contribution is -0.0209. The molecule has 1 aliphatic carbocycles. The zero-order chi connectivity index (χ0) is 14.9. The van der Waals surface area contributed by atoms with Gasteiger partial charge in [-0.15, -0.1) is 0 Å². The zero-order valence-electron chi connectivity index (χ0n) is 13.1. The van der Waals surface area contributed by atoms with E-state index in [4.69, 9.17) is 16.3 Å². The molecule has 1 heterocycles. The SMILES string of the molecule is CC1(C)CCC(CC(CNC2CC2)c2cccc(Cl)c2)O1. The minimum absolute atomic E-state index is 0.0491. The van der Waals surface area contributed by atoms with Crippen LogP contribution in [-0.4, -0.2) is 24.3 Å². The first-order valence-corrected chi connectivity index (χ1v) is 8.56. The number of nitrogens with one attached hydrogen (secondary N) is 1. The van der Waals surface area contributed by atoms with Gasteiger partial charge in [-0.2, -0.15) is 0 Å². The predicted octanol–water partition coefficient (Wildman–Crippen LogP) is 4.52. The van der Waals surface area contributed by atoms with E-state index < -0.39 is 0 Å². The van der Waals surface area contributed by atoms with Gasteiger partial charge in [0.2, 0.25) is 0 Å². The third-order valence-corrected chi connectivity index (χ3v) is 4.89. The first kappa shape index (κ1) is 15.3. The van der Waals surface area contributed by atoms with Gasteiger partial charge in [0.25, 0.3) is 0 Å². The minimum Gasteiger partial charge on any atom is -0.372 e. The van der Waals surface area contributed by atoms with Gasteiger partial charge >= 0.3 is 0 Å². The molecule has 2 aliphatic rings. The van der Waals surface area contributed by atoms with Crippen molar-refractivity contribution < 1.29 is 4.74 Å². The molecule has 1 saturated carbocycles. The Kier molecular flexibility index (Phi) is 4.58. The molecular weight excluding hydrogens is 282 g/mol. The van der Waals surface area contributed by atoms with Gasteiger partial charge in [0, 0.05) is 17.6 Å². The highest BCUT2D eigenvalue weighted by Crippen LogP contribution is 2.35. The highest BCUT2D eigenvalue weighted by molar-refractivity contribution is 6.30. The molecule has 0 spiro atoms. The molecule has 3 heteroatoms. The van der Waals surface area contributed by atoms with Crippen LogP contribution in [0.2, 0.25) is 5.02 Å². The molecule has 2 fully saturated rings. The number of benzene rings is 1. The van der Waals surface area contributed by atoms with E-state index in [0.717, 1.165) is 30.5 Å². The van der Waals surface area contributed by atoms with E-state index in [1.54, 1.807) is 0 Å². The van der Waals surface area contributed by atoms with Crippen LogP contribution in [0.3, 0.4) is 0 Å². The third-order valence-electron chi connectivity index (χ3n) is 4.65. The van der Waals surface area contributed by atoms with Gasteiger partial charge in [0.1, 0.15) is 0 Å². The maximum absolute atomic E-state index is 6.19. The summed E-state index contributed by atoms with van der Waals surface area (Å²) in [5.74, 6) is 0.489. The Labute approximate surface area is 133 Å². The number of ether oxygens (including phenoxy) is 1. The summed E-state index contributed by atoms with van der Waals surface area (Å²) in [5.41, 5.74) is 1.39. The van der Waals surface area contributed by atoms with Gasteiger partial charge < -0.3 is 10.1 Å². The Morgan fingerprint density at radius 2 is 2.14 bits per heavy atom. The number of rotatable bonds is 6. The van der Waals surface area contributed by atoms with E-state index in [1.165, 1.54) is 24.8 Å². The molecule has 1 N–H and O–H groups in total. The molecule has 1 aromatic carbocycles. The lowest BCUT2D eigenvalue weighted by atomic mass is 9.91. The molecule has 0 amide bonds. The van der Waals surface area contributed by atoms with Gasteiger partial charge in [0.05, 0.1) is 11.7 Å². The Bertz CT molecular complexity index is 484. The maximum Gasteiger partial charge on any atom is 0.0631 e. The molecule has 1 aliphatic heterocycles. The van der Waals surface area contributed by atoms with Gasteiger partial charge in [-0.05, 0) is 69.6 Å². The molecule has 0 radical (unpaired) electrons. The average molecular weight is 308 g/mol. The summed E-state index contributed by atoms with van der Waals surface area (Å²) in [5, 5.41) is 4.50. The first-order valence-electron chi connectivity index (χ1n) is 8.18. The molecule has 21 heavy (non-hydrogen) atoms. The molecule has 0 aromatic heterocycles. The van der Waals surface area contributed by atoms with Crippen LogP contribution in [0.15, 0.2) is 24.3 Å². The van der Waals surface area contributed by atoms with Crippen LogP contribution in [0, 0.1) is 0 Å². The molecule has 3 rings (SSSR count). The second kappa shape index (κ2) is 6.28. The van der Waals surface area contributed by atoms with E-state index >= 15 is 0 Å². The average Bonchev–Trinajstić information content (AvgIpc) is 3.19. The van der Waals surface area contributed by atoms with Gasteiger partial charge in [-0.3, -0.25) is 0 Å². The summed E-state index contributed by atoms with van der Waals surface area (Å²) in [4.78, 5) is 0. The van der Waals surface area contributed by atoms with Crippen LogP contribution < -0.4 is 5.32 Å². The summed E-state index contributed by atoms with van der Waals surface area (Å²) in [6.45, 7) is 5.43. The lowest BCUT2D eigenvalue weighted by Crippen LogP contribution is -2.27. The zero-order valence-corrected chi connectivity index (χ0v) is 13.8. The highest BCUT2D eigenvalue weighted by Gasteiger charge is 2.33. The number of halogens is 1. The van der Waals surface area contributed by atoms with Crippen molar-refractivity contribution in [2.24, 2.45) is 0 Å². The van der Waals surface area contributed by atoms with Crippen molar-refractivity contribution in [2.75, 3.05) is 6.54 Å². The summed E-state index contributed by atoms with van der Waals surface area (Å²) in [6, 6.07) is 9.06. The Hall–Kier alpha value is -0.570. The fraction of sp³-hybridized carbons (Fsp3) is 0.667. The van der Waals surface area contributed by atoms with Gasteiger partial charge in [-0.25, -0.2) is 0 Å². The predicted molar refractivity (Wildman–Crippen MR) is 88.0 cm³/mol. The Morgan fingerprint density at radius 3 is 2.76 bits per heavy atom. The van der Waals surface area contributed by atoms with E-state index in [-0.39, 0.29) is 5.60 Å². The molecule has 116 valence electrons. The second-order valence-electron chi connectivity index (χ2n) is 7.21. The van der Waals surface area contributed by atoms with Crippen molar-refractivity contribution in [1.82, 2.24) is 5.32 Å². The standard InChI is InChI=1S/C18H26ClNO/c1-18(2)9-8-17(21-18)11-14(12-20-16-6-7-16)13-4-3-5-15(19)10-13/h3-5,10,14,16-17,20H,6-9,11-12H2,1-2H3. The summed E-state index contributed by atoms with van der Waals surface area (Å²) >= 11 is 6.17. The van der Waals surface area contributed by atoms with Crippen molar-refractivity contribution in [1.29, 1.82) is 0 Å². The normalized spacial score (nSPS) is 26.0. The highest BCUT2D eigenvalue weighted by atomic mass is 35.5. The summed E-state index contributed by atoms with van der Waals surface area (Å²) < 4.78 is 6.19. The first-order chi connectivity index (χ1) is 10.0. The second-order valence-corrected chi connectivity index (χ2v) is 7.64. The molecular formula is C18H26ClNO. The topological polar surface area (TPSA) is 21.3 Å². The van der Waals surface area contributed by atoms with Crippen LogP contribution in [-0.2, 0) is 4.74 Å². The van der Waals surface area contributed by atoms with Crippen molar-refractivity contribution >= 4 is 11.6 Å². The van der Waals surface area contributed by atoms with Crippen molar-refractivity contribution in [3.63, 3.8) is 0 Å². The quantitative estimate of drug-likeness (QED) is 0.834. The van der Waals surface area contributed by atoms with Crippen LogP contribution in [0.1, 0.15) is 57.4 Å². The molecule has 2 nitrogen and oxygen atoms in total. The third kappa shape index (κ3) is 4.45. The summed E-state index contributed by atoms with van der Waals surface area (Å²) in [6.07, 6.45) is 6.46. The van der Waals surface area contributed by atoms with Crippen molar-refractivity contribution in [3.05, 3.63) is 34.9 Å². The largest absolute Gasteiger partial charge is 0.372 e. The Balaban J connectivity index is 1.66. The molecule has 2 atom stereocenters. The van der Waals surface area contributed by atoms with E-state index in [9.17, 15) is 0 Å². The van der Waals surface area contributed by atoms with Crippen LogP contribution in [0.4, 0.5) is 0 Å². The maximum atomic E-state index is 6.19. The minimum atomic E-state index is 0.0491. The van der Waals surface area contributed by atoms with Crippen LogP contribution in [0.25, 0.3) is 0 Å². The smallest absolute Gasteiger partial charge is 0.0631 e.